The second-order valence-electron chi connectivity index (χ2n) is 4.20. The van der Waals surface area contributed by atoms with Crippen molar-refractivity contribution in [1.82, 2.24) is 9.97 Å². The van der Waals surface area contributed by atoms with Gasteiger partial charge in [-0.05, 0) is 35.0 Å². The van der Waals surface area contributed by atoms with Crippen LogP contribution in [-0.2, 0) is 0 Å². The van der Waals surface area contributed by atoms with E-state index in [-0.39, 0.29) is 5.69 Å². The number of nitrogens with one attached hydrogen (secondary N) is 1. The predicted octanol–water partition coefficient (Wildman–Crippen LogP) is 4.01. The zero-order valence-electron chi connectivity index (χ0n) is 10.3. The normalized spacial score (nSPS) is 10.2. The number of aromatic nitrogens is 2. The van der Waals surface area contributed by atoms with Gasteiger partial charge >= 0.3 is 0 Å². The molecule has 3 aromatic rings. The van der Waals surface area contributed by atoms with Gasteiger partial charge in [-0.15, -0.1) is 0 Å². The summed E-state index contributed by atoms with van der Waals surface area (Å²) in [4.78, 5) is 8.11. The lowest BCUT2D eigenvalue weighted by molar-refractivity contribution is 1.16. The largest absolute Gasteiger partial charge is 0.338 e. The molecule has 0 saturated heterocycles. The third-order valence-corrected chi connectivity index (χ3v) is 3.36. The number of hydrogen-bond donors (Lipinski definition) is 1. The Kier molecular flexibility index (Phi) is 3.32. The first-order valence-corrected chi connectivity index (χ1v) is 6.73. The molecule has 0 aliphatic carbocycles. The number of hydrogen-bond acceptors (Lipinski definition) is 4. The zero-order chi connectivity index (χ0) is 13.9. The van der Waals surface area contributed by atoms with Gasteiger partial charge in [0.1, 0.15) is 6.07 Å². The lowest BCUT2D eigenvalue weighted by Crippen LogP contribution is -1.98. The van der Waals surface area contributed by atoms with Crippen LogP contribution in [0.5, 0.6) is 0 Å². The standard InChI is InChI=1S/C15H9BrN4/c16-12-3-1-11-8-13(4-2-10(11)7-12)20-15-14(9-17)18-5-6-19-15/h1-8H,(H,19,20). The Morgan fingerprint density at radius 2 is 1.75 bits per heavy atom. The van der Waals surface area contributed by atoms with Crippen molar-refractivity contribution in [3.8, 4) is 6.07 Å². The fourth-order valence-electron chi connectivity index (χ4n) is 1.94. The maximum atomic E-state index is 9.00. The molecule has 0 fully saturated rings. The van der Waals surface area contributed by atoms with Crippen LogP contribution in [0.4, 0.5) is 11.5 Å². The molecule has 0 aliphatic rings. The molecule has 3 rings (SSSR count). The topological polar surface area (TPSA) is 61.6 Å². The van der Waals surface area contributed by atoms with Crippen molar-refractivity contribution in [2.75, 3.05) is 5.32 Å². The molecule has 2 aromatic carbocycles. The van der Waals surface area contributed by atoms with Crippen molar-refractivity contribution >= 4 is 38.2 Å². The minimum Gasteiger partial charge on any atom is -0.338 e. The SMILES string of the molecule is N#Cc1nccnc1Nc1ccc2cc(Br)ccc2c1. The van der Waals surface area contributed by atoms with Crippen LogP contribution in [0, 0.1) is 11.3 Å². The number of halogens is 1. The number of nitriles is 1. The van der Waals surface area contributed by atoms with Gasteiger partial charge in [-0.1, -0.05) is 28.1 Å². The third-order valence-electron chi connectivity index (χ3n) is 2.87. The number of fused-ring (bicyclic) bond motifs is 1. The first-order chi connectivity index (χ1) is 9.76. The molecule has 5 heteroatoms. The van der Waals surface area contributed by atoms with Crippen LogP contribution >= 0.6 is 15.9 Å². The fraction of sp³-hybridized carbons (Fsp3) is 0. The van der Waals surface area contributed by atoms with E-state index in [1.54, 1.807) is 6.20 Å². The summed E-state index contributed by atoms with van der Waals surface area (Å²) < 4.78 is 1.05. The number of anilines is 2. The van der Waals surface area contributed by atoms with E-state index in [1.807, 2.05) is 36.4 Å². The van der Waals surface area contributed by atoms with E-state index in [2.05, 4.69) is 37.3 Å². The molecule has 0 radical (unpaired) electrons. The molecule has 0 amide bonds. The first kappa shape index (κ1) is 12.6. The van der Waals surface area contributed by atoms with Crippen molar-refractivity contribution in [1.29, 1.82) is 5.26 Å². The van der Waals surface area contributed by atoms with Crippen LogP contribution in [-0.4, -0.2) is 9.97 Å². The van der Waals surface area contributed by atoms with E-state index in [4.69, 9.17) is 5.26 Å². The Bertz CT molecular complexity index is 823. The van der Waals surface area contributed by atoms with Crippen molar-refractivity contribution in [2.24, 2.45) is 0 Å². The van der Waals surface area contributed by atoms with E-state index < -0.39 is 0 Å². The highest BCUT2D eigenvalue weighted by molar-refractivity contribution is 9.10. The highest BCUT2D eigenvalue weighted by Crippen LogP contribution is 2.24. The van der Waals surface area contributed by atoms with Gasteiger partial charge in [0.15, 0.2) is 11.5 Å². The molecule has 96 valence electrons. The lowest BCUT2D eigenvalue weighted by Gasteiger charge is -2.07. The van der Waals surface area contributed by atoms with E-state index in [0.717, 1.165) is 20.9 Å². The molecule has 1 heterocycles. The van der Waals surface area contributed by atoms with Crippen LogP contribution in [0.2, 0.25) is 0 Å². The maximum absolute atomic E-state index is 9.00. The molecule has 0 atom stereocenters. The Hall–Kier alpha value is -2.45. The minimum atomic E-state index is 0.281. The van der Waals surface area contributed by atoms with Crippen LogP contribution in [0.15, 0.2) is 53.3 Å². The average Bonchev–Trinajstić information content (AvgIpc) is 2.48. The Morgan fingerprint density at radius 1 is 1.00 bits per heavy atom. The highest BCUT2D eigenvalue weighted by atomic mass is 79.9. The van der Waals surface area contributed by atoms with Crippen molar-refractivity contribution in [2.45, 2.75) is 0 Å². The Balaban J connectivity index is 1.99. The van der Waals surface area contributed by atoms with E-state index in [0.29, 0.717) is 5.82 Å². The van der Waals surface area contributed by atoms with Gasteiger partial charge in [0.05, 0.1) is 0 Å². The van der Waals surface area contributed by atoms with E-state index in [1.165, 1.54) is 6.20 Å². The van der Waals surface area contributed by atoms with Gasteiger partial charge in [-0.2, -0.15) is 5.26 Å². The quantitative estimate of drug-likeness (QED) is 0.773. The summed E-state index contributed by atoms with van der Waals surface area (Å²) in [6.07, 6.45) is 3.06. The molecule has 4 nitrogen and oxygen atoms in total. The molecule has 20 heavy (non-hydrogen) atoms. The van der Waals surface area contributed by atoms with Crippen LogP contribution in [0.25, 0.3) is 10.8 Å². The number of benzene rings is 2. The molecular formula is C15H9BrN4. The van der Waals surface area contributed by atoms with Gasteiger partial charge in [-0.25, -0.2) is 9.97 Å². The van der Waals surface area contributed by atoms with Crippen LogP contribution in [0.3, 0.4) is 0 Å². The van der Waals surface area contributed by atoms with Gasteiger partial charge in [0.25, 0.3) is 0 Å². The van der Waals surface area contributed by atoms with Crippen molar-refractivity contribution in [3.05, 3.63) is 59.0 Å². The van der Waals surface area contributed by atoms with Crippen molar-refractivity contribution < 1.29 is 0 Å². The lowest BCUT2D eigenvalue weighted by atomic mass is 10.1. The summed E-state index contributed by atoms with van der Waals surface area (Å²) in [7, 11) is 0. The fourth-order valence-corrected chi connectivity index (χ4v) is 2.32. The average molecular weight is 325 g/mol. The molecule has 1 N–H and O–H groups in total. The predicted molar refractivity (Wildman–Crippen MR) is 81.7 cm³/mol. The molecule has 0 saturated carbocycles. The molecule has 0 bridgehead atoms. The molecule has 0 aliphatic heterocycles. The minimum absolute atomic E-state index is 0.281. The smallest absolute Gasteiger partial charge is 0.183 e. The Morgan fingerprint density at radius 3 is 2.60 bits per heavy atom. The summed E-state index contributed by atoms with van der Waals surface area (Å²) in [6.45, 7) is 0. The molecular weight excluding hydrogens is 316 g/mol. The van der Waals surface area contributed by atoms with Crippen LogP contribution in [0.1, 0.15) is 5.69 Å². The van der Waals surface area contributed by atoms with Crippen molar-refractivity contribution in [3.63, 3.8) is 0 Å². The van der Waals surface area contributed by atoms with E-state index in [9.17, 15) is 0 Å². The zero-order valence-corrected chi connectivity index (χ0v) is 11.9. The second kappa shape index (κ2) is 5.27. The van der Waals surface area contributed by atoms with Gasteiger partial charge in [-0.3, -0.25) is 0 Å². The van der Waals surface area contributed by atoms with Crippen LogP contribution < -0.4 is 5.32 Å². The number of rotatable bonds is 2. The van der Waals surface area contributed by atoms with Gasteiger partial charge in [0, 0.05) is 22.6 Å². The molecule has 0 spiro atoms. The molecule has 1 aromatic heterocycles. The first-order valence-electron chi connectivity index (χ1n) is 5.94. The number of nitrogens with zero attached hydrogens (tertiary/aromatic N) is 3. The maximum Gasteiger partial charge on any atom is 0.183 e. The second-order valence-corrected chi connectivity index (χ2v) is 5.11. The van der Waals surface area contributed by atoms with Gasteiger partial charge < -0.3 is 5.32 Å². The highest BCUT2D eigenvalue weighted by Gasteiger charge is 2.05. The van der Waals surface area contributed by atoms with Gasteiger partial charge in [0.2, 0.25) is 0 Å². The van der Waals surface area contributed by atoms with E-state index >= 15 is 0 Å². The monoisotopic (exact) mass is 324 g/mol. The molecule has 0 unspecified atom stereocenters. The summed E-state index contributed by atoms with van der Waals surface area (Å²) in [6, 6.07) is 14.1. The summed E-state index contributed by atoms with van der Waals surface area (Å²) >= 11 is 3.45. The Labute approximate surface area is 124 Å². The summed E-state index contributed by atoms with van der Waals surface area (Å²) in [5.41, 5.74) is 1.15. The summed E-state index contributed by atoms with van der Waals surface area (Å²) in [5, 5.41) is 14.4. The summed E-state index contributed by atoms with van der Waals surface area (Å²) in [5.74, 6) is 0.464. The third kappa shape index (κ3) is 2.46.